The molecule has 0 aliphatic carbocycles. The number of piperidine rings is 1. The maximum absolute atomic E-state index is 12.2. The van der Waals surface area contributed by atoms with Crippen LogP contribution in [0.15, 0.2) is 18.2 Å². The maximum Gasteiger partial charge on any atom is 0.260 e. The molecule has 6 heteroatoms. The number of aliphatic hydroxyl groups is 1. The van der Waals surface area contributed by atoms with E-state index < -0.39 is 0 Å². The van der Waals surface area contributed by atoms with Gasteiger partial charge in [-0.25, -0.2) is 0 Å². The first-order chi connectivity index (χ1) is 12.1. The number of hydrogen-bond donors (Lipinski definition) is 2. The van der Waals surface area contributed by atoms with Gasteiger partial charge >= 0.3 is 0 Å². The number of carbonyl (C=O) groups is 1. The SMILES string of the molecule is CCOc1cc(CNCC(C)O)ccc1OCC(=O)N1CCCCC1. The van der Waals surface area contributed by atoms with Gasteiger partial charge in [-0.15, -0.1) is 0 Å². The number of likely N-dealkylation sites (tertiary alicyclic amines) is 1. The van der Waals surface area contributed by atoms with Crippen molar-refractivity contribution < 1.29 is 19.4 Å². The normalized spacial score (nSPS) is 15.7. The van der Waals surface area contributed by atoms with Crippen LogP contribution in [0.4, 0.5) is 0 Å². The Morgan fingerprint density at radius 1 is 1.24 bits per heavy atom. The third-order valence-corrected chi connectivity index (χ3v) is 4.14. The number of nitrogens with zero attached hydrogens (tertiary/aromatic N) is 1. The van der Waals surface area contributed by atoms with Gasteiger partial charge < -0.3 is 24.8 Å². The Labute approximate surface area is 150 Å². The van der Waals surface area contributed by atoms with E-state index in [4.69, 9.17) is 9.47 Å². The Morgan fingerprint density at radius 3 is 2.68 bits per heavy atom. The quantitative estimate of drug-likeness (QED) is 0.712. The third-order valence-electron chi connectivity index (χ3n) is 4.14. The number of aliphatic hydroxyl groups excluding tert-OH is 1. The van der Waals surface area contributed by atoms with Gasteiger partial charge in [0, 0.05) is 26.2 Å². The van der Waals surface area contributed by atoms with Gasteiger partial charge in [-0.3, -0.25) is 4.79 Å². The number of amides is 1. The summed E-state index contributed by atoms with van der Waals surface area (Å²) in [5.41, 5.74) is 1.04. The van der Waals surface area contributed by atoms with Crippen molar-refractivity contribution in [2.45, 2.75) is 45.8 Å². The molecule has 0 bridgehead atoms. The summed E-state index contributed by atoms with van der Waals surface area (Å²) in [5, 5.41) is 12.5. The van der Waals surface area contributed by atoms with Crippen molar-refractivity contribution in [2.75, 3.05) is 32.8 Å². The van der Waals surface area contributed by atoms with Crippen molar-refractivity contribution in [3.05, 3.63) is 23.8 Å². The summed E-state index contributed by atoms with van der Waals surface area (Å²) in [6.45, 7) is 7.06. The molecular weight excluding hydrogens is 320 g/mol. The summed E-state index contributed by atoms with van der Waals surface area (Å²) >= 11 is 0. The van der Waals surface area contributed by atoms with Crippen LogP contribution in [0.3, 0.4) is 0 Å². The first-order valence-corrected chi connectivity index (χ1v) is 9.15. The number of nitrogens with one attached hydrogen (secondary N) is 1. The van der Waals surface area contributed by atoms with Crippen molar-refractivity contribution in [1.29, 1.82) is 0 Å². The lowest BCUT2D eigenvalue weighted by Gasteiger charge is -2.26. The largest absolute Gasteiger partial charge is 0.490 e. The Bertz CT molecular complexity index is 542. The average Bonchev–Trinajstić information content (AvgIpc) is 2.61. The number of ether oxygens (including phenoxy) is 2. The third kappa shape index (κ3) is 6.55. The van der Waals surface area contributed by atoms with E-state index in [0.29, 0.717) is 31.2 Å². The van der Waals surface area contributed by atoms with E-state index in [1.54, 1.807) is 6.92 Å². The van der Waals surface area contributed by atoms with E-state index in [9.17, 15) is 9.90 Å². The van der Waals surface area contributed by atoms with Crippen LogP contribution in [0.2, 0.25) is 0 Å². The predicted octanol–water partition coefficient (Wildman–Crippen LogP) is 1.95. The van der Waals surface area contributed by atoms with Gasteiger partial charge in [-0.2, -0.15) is 0 Å². The molecule has 1 amide bonds. The monoisotopic (exact) mass is 350 g/mol. The molecule has 2 N–H and O–H groups in total. The zero-order valence-corrected chi connectivity index (χ0v) is 15.3. The first kappa shape index (κ1) is 19.5. The highest BCUT2D eigenvalue weighted by atomic mass is 16.5. The average molecular weight is 350 g/mol. The second-order valence-electron chi connectivity index (χ2n) is 6.42. The number of hydrogen-bond acceptors (Lipinski definition) is 5. The molecule has 0 spiro atoms. The highest BCUT2D eigenvalue weighted by Crippen LogP contribution is 2.28. The Hall–Kier alpha value is -1.79. The summed E-state index contributed by atoms with van der Waals surface area (Å²) < 4.78 is 11.4. The van der Waals surface area contributed by atoms with Gasteiger partial charge in [0.1, 0.15) is 0 Å². The van der Waals surface area contributed by atoms with Crippen molar-refractivity contribution in [3.63, 3.8) is 0 Å². The van der Waals surface area contributed by atoms with Gasteiger partial charge in [0.2, 0.25) is 0 Å². The zero-order valence-electron chi connectivity index (χ0n) is 15.3. The summed E-state index contributed by atoms with van der Waals surface area (Å²) in [6.07, 6.45) is 2.97. The zero-order chi connectivity index (χ0) is 18.1. The topological polar surface area (TPSA) is 71.0 Å². The van der Waals surface area contributed by atoms with Crippen LogP contribution in [0.25, 0.3) is 0 Å². The van der Waals surface area contributed by atoms with Crippen LogP contribution >= 0.6 is 0 Å². The highest BCUT2D eigenvalue weighted by molar-refractivity contribution is 5.78. The lowest BCUT2D eigenvalue weighted by Crippen LogP contribution is -2.38. The van der Waals surface area contributed by atoms with E-state index in [-0.39, 0.29) is 18.6 Å². The van der Waals surface area contributed by atoms with Gasteiger partial charge in [0.15, 0.2) is 18.1 Å². The van der Waals surface area contributed by atoms with Crippen molar-refractivity contribution >= 4 is 5.91 Å². The minimum Gasteiger partial charge on any atom is -0.490 e. The van der Waals surface area contributed by atoms with Crippen molar-refractivity contribution in [3.8, 4) is 11.5 Å². The van der Waals surface area contributed by atoms with E-state index in [1.807, 2.05) is 30.0 Å². The predicted molar refractivity (Wildman–Crippen MR) is 96.9 cm³/mol. The summed E-state index contributed by atoms with van der Waals surface area (Å²) in [5.74, 6) is 1.27. The lowest BCUT2D eigenvalue weighted by molar-refractivity contribution is -0.134. The Balaban J connectivity index is 1.92. The smallest absolute Gasteiger partial charge is 0.260 e. The van der Waals surface area contributed by atoms with Crippen LogP contribution in [0, 0.1) is 0 Å². The summed E-state index contributed by atoms with van der Waals surface area (Å²) in [4.78, 5) is 14.1. The molecule has 6 nitrogen and oxygen atoms in total. The maximum atomic E-state index is 12.2. The molecule has 2 rings (SSSR count). The second-order valence-corrected chi connectivity index (χ2v) is 6.42. The molecule has 0 aromatic heterocycles. The molecule has 1 saturated heterocycles. The molecule has 1 heterocycles. The number of benzene rings is 1. The first-order valence-electron chi connectivity index (χ1n) is 9.15. The van der Waals surface area contributed by atoms with E-state index >= 15 is 0 Å². The van der Waals surface area contributed by atoms with Crippen LogP contribution in [-0.2, 0) is 11.3 Å². The van der Waals surface area contributed by atoms with E-state index in [2.05, 4.69) is 5.32 Å². The fourth-order valence-corrected chi connectivity index (χ4v) is 2.85. The second kappa shape index (κ2) is 10.3. The molecular formula is C19H30N2O4. The van der Waals surface area contributed by atoms with E-state index in [1.165, 1.54) is 6.42 Å². The van der Waals surface area contributed by atoms with Crippen LogP contribution in [0.5, 0.6) is 11.5 Å². The minimum absolute atomic E-state index is 0.0322. The van der Waals surface area contributed by atoms with Crippen molar-refractivity contribution in [1.82, 2.24) is 10.2 Å². The molecule has 1 unspecified atom stereocenters. The molecule has 1 aliphatic rings. The van der Waals surface area contributed by atoms with Gasteiger partial charge in [0.25, 0.3) is 5.91 Å². The molecule has 25 heavy (non-hydrogen) atoms. The van der Waals surface area contributed by atoms with E-state index in [0.717, 1.165) is 31.5 Å². The van der Waals surface area contributed by atoms with Gasteiger partial charge in [-0.05, 0) is 50.8 Å². The Kier molecular flexibility index (Phi) is 8.01. The van der Waals surface area contributed by atoms with Crippen LogP contribution < -0.4 is 14.8 Å². The number of rotatable bonds is 9. The van der Waals surface area contributed by atoms with Gasteiger partial charge in [0.05, 0.1) is 12.7 Å². The molecule has 1 aromatic carbocycles. The molecule has 0 radical (unpaired) electrons. The fraction of sp³-hybridized carbons (Fsp3) is 0.632. The minimum atomic E-state index is -0.380. The molecule has 1 aromatic rings. The molecule has 140 valence electrons. The highest BCUT2D eigenvalue weighted by Gasteiger charge is 2.17. The van der Waals surface area contributed by atoms with Gasteiger partial charge in [-0.1, -0.05) is 6.07 Å². The van der Waals surface area contributed by atoms with Crippen LogP contribution in [0.1, 0.15) is 38.7 Å². The Morgan fingerprint density at radius 2 is 2.00 bits per heavy atom. The fourth-order valence-electron chi connectivity index (χ4n) is 2.85. The van der Waals surface area contributed by atoms with Crippen LogP contribution in [-0.4, -0.2) is 54.9 Å². The molecule has 1 atom stereocenters. The standard InChI is InChI=1S/C19H30N2O4/c1-3-24-18-11-16(13-20-12-15(2)22)7-8-17(18)25-14-19(23)21-9-5-4-6-10-21/h7-8,11,15,20,22H,3-6,9-10,12-14H2,1-2H3. The van der Waals surface area contributed by atoms with Crippen molar-refractivity contribution in [2.24, 2.45) is 0 Å². The number of carbonyl (C=O) groups excluding carboxylic acids is 1. The summed E-state index contributed by atoms with van der Waals surface area (Å²) in [6, 6.07) is 5.70. The molecule has 1 fully saturated rings. The molecule has 1 aliphatic heterocycles. The molecule has 0 saturated carbocycles. The summed E-state index contributed by atoms with van der Waals surface area (Å²) in [7, 11) is 0. The lowest BCUT2D eigenvalue weighted by atomic mass is 10.1.